The topological polar surface area (TPSA) is 47.7 Å². The number of methoxy groups -OCH3 is 1. The van der Waals surface area contributed by atoms with E-state index in [1.54, 1.807) is 7.11 Å². The van der Waals surface area contributed by atoms with Crippen LogP contribution in [0, 0.1) is 5.92 Å². The second-order valence-electron chi connectivity index (χ2n) is 5.55. The molecule has 0 amide bonds. The molecule has 1 saturated heterocycles. The van der Waals surface area contributed by atoms with Gasteiger partial charge >= 0.3 is 0 Å². The second-order valence-corrected chi connectivity index (χ2v) is 6.07. The number of rotatable bonds is 8. The summed E-state index contributed by atoms with van der Waals surface area (Å²) in [5.74, 6) is 1.57. The first-order chi connectivity index (χ1) is 10.2. The Morgan fingerprint density at radius 1 is 1.38 bits per heavy atom. The molecule has 1 fully saturated rings. The molecular weight excluding hydrogens is 284 g/mol. The van der Waals surface area contributed by atoms with Gasteiger partial charge in [0.05, 0.1) is 11.6 Å². The van der Waals surface area contributed by atoms with Crippen molar-refractivity contribution in [3.05, 3.63) is 29.8 Å². The molecule has 0 aromatic heterocycles. The summed E-state index contributed by atoms with van der Waals surface area (Å²) in [4.78, 5) is 2.95. The summed E-state index contributed by atoms with van der Waals surface area (Å²) in [6, 6.07) is 7.98. The van der Waals surface area contributed by atoms with Gasteiger partial charge in [-0.15, -0.1) is 0 Å². The molecule has 0 bridgehead atoms. The van der Waals surface area contributed by atoms with Crippen LogP contribution in [0.3, 0.4) is 0 Å². The Bertz CT molecular complexity index is 450. The molecule has 1 aromatic rings. The number of thiocarbonyl (C=S) groups is 1. The van der Waals surface area contributed by atoms with E-state index in [1.165, 1.54) is 6.42 Å². The third kappa shape index (κ3) is 5.61. The van der Waals surface area contributed by atoms with E-state index in [0.29, 0.717) is 23.9 Å². The molecule has 2 N–H and O–H groups in total. The van der Waals surface area contributed by atoms with Crippen LogP contribution in [0.4, 0.5) is 0 Å². The van der Waals surface area contributed by atoms with Crippen molar-refractivity contribution < 1.29 is 9.47 Å². The number of nitrogens with zero attached hydrogens (tertiary/aromatic N) is 1. The maximum absolute atomic E-state index is 5.79. The number of benzene rings is 1. The van der Waals surface area contributed by atoms with Crippen molar-refractivity contribution in [3.63, 3.8) is 0 Å². The summed E-state index contributed by atoms with van der Waals surface area (Å²) in [6.07, 6.45) is 1.87. The van der Waals surface area contributed by atoms with Gasteiger partial charge in [-0.2, -0.15) is 0 Å². The van der Waals surface area contributed by atoms with Crippen LogP contribution in [0.1, 0.15) is 12.0 Å². The van der Waals surface area contributed by atoms with Crippen LogP contribution >= 0.6 is 12.2 Å². The highest BCUT2D eigenvalue weighted by Gasteiger charge is 2.21. The largest absolute Gasteiger partial charge is 0.492 e. The van der Waals surface area contributed by atoms with Gasteiger partial charge in [-0.3, -0.25) is 4.90 Å². The molecule has 1 unspecified atom stereocenters. The second kappa shape index (κ2) is 8.32. The van der Waals surface area contributed by atoms with Crippen LogP contribution in [-0.2, 0) is 11.2 Å². The Morgan fingerprint density at radius 3 is 2.81 bits per heavy atom. The van der Waals surface area contributed by atoms with E-state index in [9.17, 15) is 0 Å². The van der Waals surface area contributed by atoms with Crippen LogP contribution in [-0.4, -0.2) is 49.8 Å². The third-order valence-corrected chi connectivity index (χ3v) is 3.89. The maximum Gasteiger partial charge on any atom is 0.119 e. The fraction of sp³-hybridized carbons (Fsp3) is 0.562. The standard InChI is InChI=1S/C16H24N2O2S/c1-19-12-14-6-7-18(11-14)8-9-20-15-4-2-13(3-5-15)10-16(17)21/h2-5,14H,6-12H2,1H3,(H2,17,21). The number of likely N-dealkylation sites (tertiary alicyclic amines) is 1. The van der Waals surface area contributed by atoms with Gasteiger partial charge in [-0.1, -0.05) is 24.4 Å². The number of hydrogen-bond donors (Lipinski definition) is 1. The molecule has 4 nitrogen and oxygen atoms in total. The molecule has 0 spiro atoms. The van der Waals surface area contributed by atoms with E-state index in [4.69, 9.17) is 27.4 Å². The van der Waals surface area contributed by atoms with E-state index in [0.717, 1.165) is 37.6 Å². The van der Waals surface area contributed by atoms with Crippen LogP contribution in [0.25, 0.3) is 0 Å². The summed E-state index contributed by atoms with van der Waals surface area (Å²) >= 11 is 4.90. The molecule has 116 valence electrons. The molecule has 0 radical (unpaired) electrons. The normalized spacial score (nSPS) is 18.8. The van der Waals surface area contributed by atoms with Crippen molar-refractivity contribution in [2.75, 3.05) is 40.0 Å². The average Bonchev–Trinajstić information content (AvgIpc) is 2.88. The zero-order chi connectivity index (χ0) is 15.1. The van der Waals surface area contributed by atoms with Crippen molar-refractivity contribution in [1.29, 1.82) is 0 Å². The van der Waals surface area contributed by atoms with Crippen molar-refractivity contribution in [1.82, 2.24) is 4.90 Å². The molecule has 0 aliphatic carbocycles. The van der Waals surface area contributed by atoms with Crippen LogP contribution in [0.2, 0.25) is 0 Å². The quantitative estimate of drug-likeness (QED) is 0.743. The highest BCUT2D eigenvalue weighted by Crippen LogP contribution is 2.16. The molecular formula is C16H24N2O2S. The minimum absolute atomic E-state index is 0.517. The Morgan fingerprint density at radius 2 is 2.14 bits per heavy atom. The fourth-order valence-electron chi connectivity index (χ4n) is 2.69. The lowest BCUT2D eigenvalue weighted by atomic mass is 10.1. The van der Waals surface area contributed by atoms with Gasteiger partial charge < -0.3 is 15.2 Å². The van der Waals surface area contributed by atoms with Gasteiger partial charge in [-0.05, 0) is 36.6 Å². The number of hydrogen-bond acceptors (Lipinski definition) is 4. The zero-order valence-corrected chi connectivity index (χ0v) is 13.4. The summed E-state index contributed by atoms with van der Waals surface area (Å²) < 4.78 is 11.0. The van der Waals surface area contributed by atoms with Gasteiger partial charge in [0.15, 0.2) is 0 Å². The van der Waals surface area contributed by atoms with Gasteiger partial charge in [0.2, 0.25) is 0 Å². The Labute approximate surface area is 132 Å². The highest BCUT2D eigenvalue weighted by molar-refractivity contribution is 7.80. The third-order valence-electron chi connectivity index (χ3n) is 3.75. The molecule has 1 heterocycles. The lowest BCUT2D eigenvalue weighted by Crippen LogP contribution is -2.26. The zero-order valence-electron chi connectivity index (χ0n) is 12.6. The van der Waals surface area contributed by atoms with Crippen LogP contribution in [0.5, 0.6) is 5.75 Å². The Hall–Kier alpha value is -1.17. The summed E-state index contributed by atoms with van der Waals surface area (Å²) in [5.41, 5.74) is 6.65. The molecule has 21 heavy (non-hydrogen) atoms. The average molecular weight is 308 g/mol. The molecule has 1 atom stereocenters. The monoisotopic (exact) mass is 308 g/mol. The van der Waals surface area contributed by atoms with E-state index in [-0.39, 0.29) is 0 Å². The smallest absolute Gasteiger partial charge is 0.119 e. The van der Waals surface area contributed by atoms with Crippen molar-refractivity contribution in [2.45, 2.75) is 12.8 Å². The minimum Gasteiger partial charge on any atom is -0.492 e. The summed E-state index contributed by atoms with van der Waals surface area (Å²) in [7, 11) is 1.77. The Kier molecular flexibility index (Phi) is 6.42. The van der Waals surface area contributed by atoms with Crippen LogP contribution in [0.15, 0.2) is 24.3 Å². The molecule has 1 aliphatic heterocycles. The first-order valence-electron chi connectivity index (χ1n) is 7.38. The summed E-state index contributed by atoms with van der Waals surface area (Å²) in [6.45, 7) is 4.80. The first-order valence-corrected chi connectivity index (χ1v) is 7.79. The van der Waals surface area contributed by atoms with E-state index < -0.39 is 0 Å². The van der Waals surface area contributed by atoms with E-state index >= 15 is 0 Å². The molecule has 1 aromatic carbocycles. The predicted octanol–water partition coefficient (Wildman–Crippen LogP) is 1.86. The maximum atomic E-state index is 5.79. The van der Waals surface area contributed by atoms with Gasteiger partial charge in [-0.25, -0.2) is 0 Å². The molecule has 2 rings (SSSR count). The molecule has 5 heteroatoms. The van der Waals surface area contributed by atoms with Crippen molar-refractivity contribution >= 4 is 17.2 Å². The van der Waals surface area contributed by atoms with Crippen LogP contribution < -0.4 is 10.5 Å². The van der Waals surface area contributed by atoms with E-state index in [2.05, 4.69) is 4.90 Å². The number of nitrogens with two attached hydrogens (primary N) is 1. The van der Waals surface area contributed by atoms with Crippen molar-refractivity contribution in [2.24, 2.45) is 11.7 Å². The Balaban J connectivity index is 1.68. The molecule has 0 saturated carbocycles. The van der Waals surface area contributed by atoms with Crippen molar-refractivity contribution in [3.8, 4) is 5.75 Å². The SMILES string of the molecule is COCC1CCN(CCOc2ccc(CC(N)=S)cc2)C1. The fourth-order valence-corrected chi connectivity index (χ4v) is 2.85. The van der Waals surface area contributed by atoms with Gasteiger partial charge in [0.25, 0.3) is 0 Å². The van der Waals surface area contributed by atoms with Gasteiger partial charge in [0.1, 0.15) is 12.4 Å². The molecule has 1 aliphatic rings. The van der Waals surface area contributed by atoms with Gasteiger partial charge in [0, 0.05) is 26.6 Å². The van der Waals surface area contributed by atoms with E-state index in [1.807, 2.05) is 24.3 Å². The number of ether oxygens (including phenoxy) is 2. The lowest BCUT2D eigenvalue weighted by molar-refractivity contribution is 0.150. The predicted molar refractivity (Wildman–Crippen MR) is 88.8 cm³/mol. The first kappa shape index (κ1) is 16.2. The lowest BCUT2D eigenvalue weighted by Gasteiger charge is -2.16. The minimum atomic E-state index is 0.517. The highest BCUT2D eigenvalue weighted by atomic mass is 32.1. The summed E-state index contributed by atoms with van der Waals surface area (Å²) in [5, 5.41) is 0.